The van der Waals surface area contributed by atoms with Crippen molar-refractivity contribution in [1.29, 1.82) is 0 Å². The molecule has 1 aliphatic heterocycles. The van der Waals surface area contributed by atoms with E-state index in [4.69, 9.17) is 4.98 Å². The zero-order chi connectivity index (χ0) is 24.3. The molecular weight excluding hydrogens is 459 g/mol. The first kappa shape index (κ1) is 23.1. The quantitative estimate of drug-likeness (QED) is 0.538. The topological polar surface area (TPSA) is 118 Å². The number of sulfonamides is 1. The van der Waals surface area contributed by atoms with Gasteiger partial charge in [0.25, 0.3) is 0 Å². The number of anilines is 1. The van der Waals surface area contributed by atoms with Crippen molar-refractivity contribution >= 4 is 26.6 Å². The Labute approximate surface area is 198 Å². The minimum atomic E-state index is -3.81. The molecular formula is C22H29FN8O2S. The molecule has 0 unspecified atom stereocenters. The number of hydrogen-bond donors (Lipinski definition) is 2. The van der Waals surface area contributed by atoms with Crippen LogP contribution in [-0.4, -0.2) is 70.8 Å². The van der Waals surface area contributed by atoms with Crippen molar-refractivity contribution in [2.24, 2.45) is 7.05 Å². The van der Waals surface area contributed by atoms with Gasteiger partial charge in [-0.1, -0.05) is 5.21 Å². The van der Waals surface area contributed by atoms with Crippen LogP contribution in [0.3, 0.4) is 0 Å². The molecule has 1 aromatic carbocycles. The number of piperazine rings is 1. The zero-order valence-corrected chi connectivity index (χ0v) is 20.5. The standard InChI is InChI=1S/C22H29FN8O2S/c1-13-10-31(11-15(9-23)24-13)19-8-16(34(32,33)28-22(3)5-6-22)7-17-20(18-12-30(4)29-27-18)25-14(2)26-21(17)19/h7-8,12-13,15,24,28H,5-6,9-11H2,1-4H3/t13-,15-/m0/s1. The number of rotatable bonds is 6. The number of nitrogens with zero attached hydrogens (tertiary/aromatic N) is 6. The number of aryl methyl sites for hydroxylation is 2. The van der Waals surface area contributed by atoms with Gasteiger partial charge >= 0.3 is 0 Å². The van der Waals surface area contributed by atoms with Crippen molar-refractivity contribution in [3.05, 3.63) is 24.2 Å². The van der Waals surface area contributed by atoms with Crippen LogP contribution in [0.5, 0.6) is 0 Å². The summed E-state index contributed by atoms with van der Waals surface area (Å²) in [5, 5.41) is 12.0. The first-order valence-electron chi connectivity index (χ1n) is 11.4. The summed E-state index contributed by atoms with van der Waals surface area (Å²) >= 11 is 0. The Morgan fingerprint density at radius 3 is 2.68 bits per heavy atom. The molecule has 3 aromatic rings. The van der Waals surface area contributed by atoms with Crippen molar-refractivity contribution in [3.63, 3.8) is 0 Å². The van der Waals surface area contributed by atoms with Crippen molar-refractivity contribution in [2.45, 2.75) is 56.1 Å². The van der Waals surface area contributed by atoms with Crippen LogP contribution in [0.1, 0.15) is 32.5 Å². The van der Waals surface area contributed by atoms with Gasteiger partial charge in [-0.15, -0.1) is 5.10 Å². The lowest BCUT2D eigenvalue weighted by molar-refractivity contribution is 0.317. The number of benzene rings is 1. The smallest absolute Gasteiger partial charge is 0.241 e. The maximum absolute atomic E-state index is 13.6. The van der Waals surface area contributed by atoms with Gasteiger partial charge in [0, 0.05) is 37.1 Å². The molecule has 5 rings (SSSR count). The fraction of sp³-hybridized carbons (Fsp3) is 0.545. The number of hydrogen-bond acceptors (Lipinski definition) is 8. The third-order valence-electron chi connectivity index (χ3n) is 6.38. The summed E-state index contributed by atoms with van der Waals surface area (Å²) in [5.74, 6) is 0.527. The van der Waals surface area contributed by atoms with E-state index in [1.807, 2.05) is 18.7 Å². The Morgan fingerprint density at radius 2 is 2.03 bits per heavy atom. The Balaban J connectivity index is 1.74. The normalized spacial score (nSPS) is 22.3. The van der Waals surface area contributed by atoms with E-state index in [0.29, 0.717) is 46.9 Å². The second-order valence-electron chi connectivity index (χ2n) is 9.73. The Hall–Kier alpha value is -2.70. The molecule has 0 amide bonds. The van der Waals surface area contributed by atoms with E-state index < -0.39 is 22.2 Å². The third-order valence-corrected chi connectivity index (χ3v) is 8.00. The number of alkyl halides is 1. The summed E-state index contributed by atoms with van der Waals surface area (Å²) in [7, 11) is -2.05. The maximum atomic E-state index is 13.6. The van der Waals surface area contributed by atoms with E-state index in [0.717, 1.165) is 12.8 Å². The molecule has 2 fully saturated rings. The van der Waals surface area contributed by atoms with E-state index in [-0.39, 0.29) is 17.0 Å². The first-order chi connectivity index (χ1) is 16.1. The van der Waals surface area contributed by atoms with E-state index in [2.05, 4.69) is 25.3 Å². The summed E-state index contributed by atoms with van der Waals surface area (Å²) in [4.78, 5) is 11.4. The van der Waals surface area contributed by atoms with E-state index >= 15 is 0 Å². The Morgan fingerprint density at radius 1 is 1.26 bits per heavy atom. The summed E-state index contributed by atoms with van der Waals surface area (Å²) in [6.45, 7) is 6.13. The molecule has 2 N–H and O–H groups in total. The van der Waals surface area contributed by atoms with Gasteiger partial charge in [-0.3, -0.25) is 4.68 Å². The van der Waals surface area contributed by atoms with Crippen molar-refractivity contribution in [3.8, 4) is 11.4 Å². The molecule has 1 aliphatic carbocycles. The molecule has 0 bridgehead atoms. The largest absolute Gasteiger partial charge is 0.367 e. The highest BCUT2D eigenvalue weighted by Gasteiger charge is 2.41. The van der Waals surface area contributed by atoms with Crippen LogP contribution in [-0.2, 0) is 17.1 Å². The monoisotopic (exact) mass is 488 g/mol. The molecule has 0 radical (unpaired) electrons. The summed E-state index contributed by atoms with van der Waals surface area (Å²) < 4.78 is 44.8. The summed E-state index contributed by atoms with van der Waals surface area (Å²) in [6, 6.07) is 2.92. The SMILES string of the molecule is Cc1nc(-c2cn(C)nn2)c2cc(S(=O)(=O)NC3(C)CC3)cc(N3C[C@H](CF)N[C@@H](C)C3)c2n1. The second kappa shape index (κ2) is 8.21. The molecule has 2 aliphatic rings. The summed E-state index contributed by atoms with van der Waals surface area (Å²) in [6.07, 6.45) is 3.33. The average molecular weight is 489 g/mol. The van der Waals surface area contributed by atoms with Crippen LogP contribution < -0.4 is 14.9 Å². The highest BCUT2D eigenvalue weighted by molar-refractivity contribution is 7.89. The molecule has 10 nitrogen and oxygen atoms in total. The summed E-state index contributed by atoms with van der Waals surface area (Å²) in [5.41, 5.74) is 1.86. The molecule has 1 saturated carbocycles. The molecule has 3 heterocycles. The Kier molecular flexibility index (Phi) is 5.57. The van der Waals surface area contributed by atoms with Crippen LogP contribution >= 0.6 is 0 Å². The van der Waals surface area contributed by atoms with E-state index in [9.17, 15) is 12.8 Å². The lowest BCUT2D eigenvalue weighted by Gasteiger charge is -2.38. The Bertz CT molecular complexity index is 1350. The van der Waals surface area contributed by atoms with Gasteiger partial charge in [0.1, 0.15) is 23.9 Å². The van der Waals surface area contributed by atoms with Gasteiger partial charge in [-0.05, 0) is 45.7 Å². The maximum Gasteiger partial charge on any atom is 0.241 e. The molecule has 182 valence electrons. The molecule has 1 saturated heterocycles. The van der Waals surface area contributed by atoms with Gasteiger partial charge < -0.3 is 10.2 Å². The van der Waals surface area contributed by atoms with Crippen molar-refractivity contribution in [1.82, 2.24) is 35.0 Å². The number of fused-ring (bicyclic) bond motifs is 1. The lowest BCUT2D eigenvalue weighted by Crippen LogP contribution is -2.56. The highest BCUT2D eigenvalue weighted by Crippen LogP contribution is 2.38. The van der Waals surface area contributed by atoms with Gasteiger partial charge in [-0.2, -0.15) is 0 Å². The van der Waals surface area contributed by atoms with Crippen LogP contribution in [0, 0.1) is 6.92 Å². The van der Waals surface area contributed by atoms with Gasteiger partial charge in [0.05, 0.1) is 28.3 Å². The van der Waals surface area contributed by atoms with Crippen LogP contribution in [0.15, 0.2) is 23.2 Å². The first-order valence-corrected chi connectivity index (χ1v) is 12.9. The minimum Gasteiger partial charge on any atom is -0.367 e. The fourth-order valence-corrected chi connectivity index (χ4v) is 6.00. The second-order valence-corrected chi connectivity index (χ2v) is 11.4. The van der Waals surface area contributed by atoms with Crippen LogP contribution in [0.2, 0.25) is 0 Å². The van der Waals surface area contributed by atoms with Gasteiger partial charge in [0.2, 0.25) is 10.0 Å². The highest BCUT2D eigenvalue weighted by atomic mass is 32.2. The predicted molar refractivity (Wildman–Crippen MR) is 127 cm³/mol. The van der Waals surface area contributed by atoms with Crippen molar-refractivity contribution in [2.75, 3.05) is 24.7 Å². The van der Waals surface area contributed by atoms with E-state index in [1.165, 1.54) is 0 Å². The third kappa shape index (κ3) is 4.37. The molecule has 34 heavy (non-hydrogen) atoms. The van der Waals surface area contributed by atoms with E-state index in [1.54, 1.807) is 37.0 Å². The zero-order valence-electron chi connectivity index (χ0n) is 19.7. The fourth-order valence-electron chi connectivity index (χ4n) is 4.49. The van der Waals surface area contributed by atoms with Gasteiger partial charge in [-0.25, -0.2) is 27.5 Å². The van der Waals surface area contributed by atoms with Gasteiger partial charge in [0.15, 0.2) is 0 Å². The van der Waals surface area contributed by atoms with Crippen molar-refractivity contribution < 1.29 is 12.8 Å². The predicted octanol–water partition coefficient (Wildman–Crippen LogP) is 1.70. The lowest BCUT2D eigenvalue weighted by atomic mass is 10.1. The molecule has 0 spiro atoms. The van der Waals surface area contributed by atoms with Crippen LogP contribution in [0.4, 0.5) is 10.1 Å². The number of nitrogens with one attached hydrogen (secondary N) is 2. The molecule has 2 aromatic heterocycles. The average Bonchev–Trinajstić information content (AvgIpc) is 3.33. The number of aromatic nitrogens is 5. The molecule has 2 atom stereocenters. The molecule has 12 heteroatoms. The van der Waals surface area contributed by atoms with Crippen LogP contribution in [0.25, 0.3) is 22.3 Å². The number of halogens is 1. The minimum absolute atomic E-state index is 0.0238.